The lowest BCUT2D eigenvalue weighted by atomic mass is 10.1. The third-order valence-electron chi connectivity index (χ3n) is 3.79. The van der Waals surface area contributed by atoms with Crippen LogP contribution in [-0.2, 0) is 0 Å². The largest absolute Gasteiger partial charge is 0.493 e. The third kappa shape index (κ3) is 3.67. The van der Waals surface area contributed by atoms with Crippen LogP contribution in [0.15, 0.2) is 47.6 Å². The number of aryl methyl sites for hydroxylation is 1. The van der Waals surface area contributed by atoms with Gasteiger partial charge in [0.2, 0.25) is 0 Å². The van der Waals surface area contributed by atoms with Crippen molar-refractivity contribution in [2.24, 2.45) is 5.10 Å². The van der Waals surface area contributed by atoms with Crippen LogP contribution >= 0.6 is 11.6 Å². The van der Waals surface area contributed by atoms with Gasteiger partial charge in [0.05, 0.1) is 26.0 Å². The lowest BCUT2D eigenvalue weighted by Gasteiger charge is -2.09. The molecule has 25 heavy (non-hydrogen) atoms. The van der Waals surface area contributed by atoms with Gasteiger partial charge in [0.15, 0.2) is 11.5 Å². The molecule has 5 nitrogen and oxygen atoms in total. The van der Waals surface area contributed by atoms with Crippen molar-refractivity contribution in [2.45, 2.75) is 6.92 Å². The zero-order valence-corrected chi connectivity index (χ0v) is 15.0. The van der Waals surface area contributed by atoms with Crippen molar-refractivity contribution >= 4 is 34.5 Å². The number of nitrogens with one attached hydrogen (secondary N) is 1. The first-order chi connectivity index (χ1) is 12.1. The van der Waals surface area contributed by atoms with Crippen LogP contribution in [0.3, 0.4) is 0 Å². The summed E-state index contributed by atoms with van der Waals surface area (Å²) < 4.78 is 10.7. The number of hydrogen-bond donors (Lipinski definition) is 1. The van der Waals surface area contributed by atoms with E-state index < -0.39 is 0 Å². The molecule has 0 aliphatic rings. The molecule has 0 bridgehead atoms. The Hall–Kier alpha value is -2.79. The van der Waals surface area contributed by atoms with Crippen molar-refractivity contribution in [1.29, 1.82) is 0 Å². The highest BCUT2D eigenvalue weighted by Gasteiger charge is 2.07. The number of para-hydroxylation sites is 1. The first kappa shape index (κ1) is 17.0. The molecule has 128 valence electrons. The number of halogens is 1. The predicted octanol–water partition coefficient (Wildman–Crippen LogP) is 4.66. The molecule has 3 rings (SSSR count). The van der Waals surface area contributed by atoms with Crippen LogP contribution < -0.4 is 14.9 Å². The van der Waals surface area contributed by atoms with Gasteiger partial charge in [-0.1, -0.05) is 17.7 Å². The quantitative estimate of drug-likeness (QED) is 0.534. The van der Waals surface area contributed by atoms with Gasteiger partial charge in [-0.3, -0.25) is 5.43 Å². The van der Waals surface area contributed by atoms with Gasteiger partial charge in [-0.2, -0.15) is 5.10 Å². The van der Waals surface area contributed by atoms with Crippen LogP contribution in [-0.4, -0.2) is 25.4 Å². The fourth-order valence-electron chi connectivity index (χ4n) is 2.61. The molecule has 0 aliphatic heterocycles. The number of pyridine rings is 1. The summed E-state index contributed by atoms with van der Waals surface area (Å²) in [5, 5.41) is 5.98. The molecule has 6 heteroatoms. The Morgan fingerprint density at radius 2 is 1.96 bits per heavy atom. The molecule has 1 N–H and O–H groups in total. The highest BCUT2D eigenvalue weighted by Crippen LogP contribution is 2.29. The number of methoxy groups -OCH3 is 2. The Kier molecular flexibility index (Phi) is 5.05. The monoisotopic (exact) mass is 355 g/mol. The molecule has 0 radical (unpaired) electrons. The minimum Gasteiger partial charge on any atom is -0.493 e. The zero-order valence-electron chi connectivity index (χ0n) is 14.2. The summed E-state index contributed by atoms with van der Waals surface area (Å²) in [6, 6.07) is 13.2. The molecule has 0 aliphatic carbocycles. The minimum atomic E-state index is 0.632. The number of anilines is 1. The Morgan fingerprint density at radius 3 is 2.72 bits per heavy atom. The normalized spacial score (nSPS) is 11.0. The molecule has 1 heterocycles. The van der Waals surface area contributed by atoms with Crippen LogP contribution in [0.5, 0.6) is 11.5 Å². The zero-order chi connectivity index (χ0) is 17.8. The van der Waals surface area contributed by atoms with E-state index in [1.54, 1.807) is 20.4 Å². The maximum absolute atomic E-state index is 6.05. The maximum atomic E-state index is 6.05. The van der Waals surface area contributed by atoms with Gasteiger partial charge in [0.25, 0.3) is 0 Å². The van der Waals surface area contributed by atoms with E-state index in [4.69, 9.17) is 21.1 Å². The summed E-state index contributed by atoms with van der Waals surface area (Å²) in [4.78, 5) is 4.55. The highest BCUT2D eigenvalue weighted by molar-refractivity contribution is 6.31. The van der Waals surface area contributed by atoms with Gasteiger partial charge in [0.1, 0.15) is 5.82 Å². The van der Waals surface area contributed by atoms with E-state index in [1.807, 2.05) is 49.4 Å². The topological polar surface area (TPSA) is 55.7 Å². The number of benzene rings is 2. The molecule has 3 aromatic rings. The summed E-state index contributed by atoms with van der Waals surface area (Å²) >= 11 is 6.05. The summed E-state index contributed by atoms with van der Waals surface area (Å²) in [7, 11) is 3.20. The van der Waals surface area contributed by atoms with E-state index in [-0.39, 0.29) is 0 Å². The van der Waals surface area contributed by atoms with Crippen LogP contribution in [0, 0.1) is 6.92 Å². The number of nitrogens with zero attached hydrogens (tertiary/aromatic N) is 2. The van der Waals surface area contributed by atoms with E-state index in [1.165, 1.54) is 0 Å². The fourth-order valence-corrected chi connectivity index (χ4v) is 2.78. The van der Waals surface area contributed by atoms with Crippen molar-refractivity contribution in [3.8, 4) is 11.5 Å². The van der Waals surface area contributed by atoms with Crippen LogP contribution in [0.2, 0.25) is 5.02 Å². The maximum Gasteiger partial charge on any atom is 0.169 e. The van der Waals surface area contributed by atoms with Crippen LogP contribution in [0.1, 0.15) is 11.1 Å². The van der Waals surface area contributed by atoms with Crippen molar-refractivity contribution in [1.82, 2.24) is 4.98 Å². The summed E-state index contributed by atoms with van der Waals surface area (Å²) in [6.07, 6.45) is 1.67. The molecule has 1 aromatic heterocycles. The number of hydrogen-bond acceptors (Lipinski definition) is 5. The molecular formula is C19H18ClN3O2. The average Bonchev–Trinajstić information content (AvgIpc) is 2.62. The minimum absolute atomic E-state index is 0.632. The molecule has 0 spiro atoms. The molecule has 0 atom stereocenters. The van der Waals surface area contributed by atoms with E-state index in [0.717, 1.165) is 22.0 Å². The summed E-state index contributed by atoms with van der Waals surface area (Å²) in [5.74, 6) is 1.95. The van der Waals surface area contributed by atoms with Crippen LogP contribution in [0.4, 0.5) is 5.82 Å². The van der Waals surface area contributed by atoms with Crippen molar-refractivity contribution < 1.29 is 9.47 Å². The Labute approximate surface area is 151 Å². The molecule has 2 aromatic carbocycles. The fraction of sp³-hybridized carbons (Fsp3) is 0.158. The third-order valence-corrected chi connectivity index (χ3v) is 4.03. The van der Waals surface area contributed by atoms with Gasteiger partial charge in [-0.05, 0) is 48.9 Å². The summed E-state index contributed by atoms with van der Waals surface area (Å²) in [5.41, 5.74) is 5.70. The van der Waals surface area contributed by atoms with E-state index in [0.29, 0.717) is 22.3 Å². The van der Waals surface area contributed by atoms with Crippen molar-refractivity contribution in [2.75, 3.05) is 19.6 Å². The number of rotatable bonds is 5. The van der Waals surface area contributed by atoms with Gasteiger partial charge in [-0.15, -0.1) is 0 Å². The number of hydrazone groups is 1. The van der Waals surface area contributed by atoms with E-state index in [2.05, 4.69) is 15.5 Å². The SMILES string of the molecule is COc1cccc(/C=N/Nc2cc(C)c3cc(Cl)ccc3n2)c1OC. The molecule has 0 fully saturated rings. The average molecular weight is 356 g/mol. The predicted molar refractivity (Wildman–Crippen MR) is 102 cm³/mol. The Bertz CT molecular complexity index is 941. The summed E-state index contributed by atoms with van der Waals surface area (Å²) in [6.45, 7) is 2.01. The highest BCUT2D eigenvalue weighted by atomic mass is 35.5. The van der Waals surface area contributed by atoms with Crippen LogP contribution in [0.25, 0.3) is 10.9 Å². The standard InChI is InChI=1S/C19H18ClN3O2/c1-12-9-18(22-16-8-7-14(20)10-15(12)16)23-21-11-13-5-4-6-17(24-2)19(13)25-3/h4-11H,1-3H3,(H,22,23)/b21-11+. The first-order valence-electron chi connectivity index (χ1n) is 7.69. The Morgan fingerprint density at radius 1 is 1.12 bits per heavy atom. The van der Waals surface area contributed by atoms with E-state index >= 15 is 0 Å². The Balaban J connectivity index is 1.86. The molecule has 0 saturated heterocycles. The lowest BCUT2D eigenvalue weighted by molar-refractivity contribution is 0.354. The van der Waals surface area contributed by atoms with Gasteiger partial charge in [0, 0.05) is 16.0 Å². The van der Waals surface area contributed by atoms with E-state index in [9.17, 15) is 0 Å². The van der Waals surface area contributed by atoms with Gasteiger partial charge >= 0.3 is 0 Å². The second-order valence-corrected chi connectivity index (χ2v) is 5.88. The molecule has 0 unspecified atom stereocenters. The first-order valence-corrected chi connectivity index (χ1v) is 8.07. The van der Waals surface area contributed by atoms with Crippen molar-refractivity contribution in [3.63, 3.8) is 0 Å². The second-order valence-electron chi connectivity index (χ2n) is 5.44. The number of ether oxygens (including phenoxy) is 2. The molecule has 0 saturated carbocycles. The lowest BCUT2D eigenvalue weighted by Crippen LogP contribution is -1.98. The molecule has 0 amide bonds. The van der Waals surface area contributed by atoms with Gasteiger partial charge in [-0.25, -0.2) is 4.98 Å². The number of aromatic nitrogens is 1. The smallest absolute Gasteiger partial charge is 0.169 e. The number of fused-ring (bicyclic) bond motifs is 1. The van der Waals surface area contributed by atoms with Gasteiger partial charge < -0.3 is 9.47 Å². The molecular weight excluding hydrogens is 338 g/mol. The second kappa shape index (κ2) is 7.40. The van der Waals surface area contributed by atoms with Crippen molar-refractivity contribution in [3.05, 3.63) is 58.6 Å².